The van der Waals surface area contributed by atoms with Gasteiger partial charge in [-0.3, -0.25) is 0 Å². The lowest BCUT2D eigenvalue weighted by atomic mass is 10.1. The van der Waals surface area contributed by atoms with Crippen LogP contribution in [0.2, 0.25) is 5.02 Å². The Morgan fingerprint density at radius 1 is 1.09 bits per heavy atom. The molecule has 0 spiro atoms. The van der Waals surface area contributed by atoms with E-state index in [0.29, 0.717) is 11.4 Å². The average molecular weight is 345 g/mol. The summed E-state index contributed by atoms with van der Waals surface area (Å²) in [6.45, 7) is 0.749. The minimum Gasteiger partial charge on any atom is -0.382 e. The van der Waals surface area contributed by atoms with E-state index in [2.05, 4.69) is 29.2 Å². The lowest BCUT2D eigenvalue weighted by Gasteiger charge is -2.11. The summed E-state index contributed by atoms with van der Waals surface area (Å²) in [4.78, 5) is 4.86. The Bertz CT molecular complexity index is 801. The minimum absolute atomic E-state index is 0.461. The molecule has 2 aliphatic carbocycles. The third kappa shape index (κ3) is 4.38. The molecule has 1 aromatic carbocycles. The summed E-state index contributed by atoms with van der Waals surface area (Å²) in [5, 5.41) is 13.4. The topological polar surface area (TPSA) is 38.0 Å². The van der Waals surface area contributed by atoms with Crippen LogP contribution in [0.15, 0.2) is 72.1 Å². The van der Waals surface area contributed by atoms with Crippen molar-refractivity contribution in [3.05, 3.63) is 82.7 Å². The lowest BCUT2D eigenvalue weighted by molar-refractivity contribution is 0.245. The first-order chi connectivity index (χ1) is 11.2. The molecule has 5 heteroatoms. The predicted octanol–water partition coefficient (Wildman–Crippen LogP) is 4.32. The molecule has 2 aliphatic rings. The first-order valence-corrected chi connectivity index (χ1v) is 8.63. The molecule has 0 amide bonds. The van der Waals surface area contributed by atoms with Crippen molar-refractivity contribution in [1.29, 1.82) is 0 Å². The SMILES string of the molecule is OC(CCn1ccnc1)Sc1ccccc1Cl.c1cc2ccc1=2. The number of hydrogen-bond donors (Lipinski definition) is 1. The van der Waals surface area contributed by atoms with E-state index in [1.54, 1.807) is 12.5 Å². The standard InChI is InChI=1S/C12H13ClN2OS.C6H4/c13-10-3-1-2-4-11(10)17-12(16)5-7-15-8-6-14-9-15;1-2-6-4-3-5(1)6/h1-4,6,8-9,12,16H,5,7H2;1-4H. The van der Waals surface area contributed by atoms with Crippen LogP contribution in [0.25, 0.3) is 0 Å². The number of halogens is 1. The van der Waals surface area contributed by atoms with E-state index in [0.717, 1.165) is 11.4 Å². The summed E-state index contributed by atoms with van der Waals surface area (Å²) >= 11 is 7.40. The monoisotopic (exact) mass is 344 g/mol. The van der Waals surface area contributed by atoms with Crippen molar-refractivity contribution >= 4 is 23.4 Å². The van der Waals surface area contributed by atoms with E-state index in [1.165, 1.54) is 22.2 Å². The van der Waals surface area contributed by atoms with Crippen LogP contribution in [0.4, 0.5) is 0 Å². The molecule has 23 heavy (non-hydrogen) atoms. The maximum atomic E-state index is 9.90. The summed E-state index contributed by atoms with van der Waals surface area (Å²) in [6, 6.07) is 16.0. The Morgan fingerprint density at radius 3 is 2.30 bits per heavy atom. The van der Waals surface area contributed by atoms with Gasteiger partial charge in [0.05, 0.1) is 11.3 Å². The number of imidazole rings is 1. The maximum Gasteiger partial charge on any atom is 0.106 e. The second-order valence-electron chi connectivity index (χ2n) is 5.17. The molecule has 0 saturated heterocycles. The van der Waals surface area contributed by atoms with Crippen LogP contribution in [0.5, 0.6) is 0 Å². The number of nitrogens with zero attached hydrogens (tertiary/aromatic N) is 2. The summed E-state index contributed by atoms with van der Waals surface area (Å²) in [6.07, 6.45) is 6.01. The van der Waals surface area contributed by atoms with Crippen molar-refractivity contribution < 1.29 is 5.11 Å². The van der Waals surface area contributed by atoms with Crippen molar-refractivity contribution in [3.63, 3.8) is 0 Å². The normalized spacial score (nSPS) is 12.3. The van der Waals surface area contributed by atoms with Crippen LogP contribution >= 0.6 is 23.4 Å². The molecule has 1 atom stereocenters. The highest BCUT2D eigenvalue weighted by Crippen LogP contribution is 2.30. The Balaban J connectivity index is 0.000000213. The number of aliphatic hydroxyl groups is 1. The number of thioether (sulfide) groups is 1. The second-order valence-corrected chi connectivity index (χ2v) is 6.80. The number of rotatable bonds is 5. The van der Waals surface area contributed by atoms with E-state index >= 15 is 0 Å². The van der Waals surface area contributed by atoms with Crippen molar-refractivity contribution in [2.24, 2.45) is 0 Å². The number of benzene rings is 2. The smallest absolute Gasteiger partial charge is 0.106 e. The minimum atomic E-state index is -0.461. The fourth-order valence-corrected chi connectivity index (χ4v) is 3.21. The predicted molar refractivity (Wildman–Crippen MR) is 94.3 cm³/mol. The molecule has 0 aliphatic heterocycles. The van der Waals surface area contributed by atoms with Crippen molar-refractivity contribution in [1.82, 2.24) is 9.55 Å². The van der Waals surface area contributed by atoms with Gasteiger partial charge in [0.2, 0.25) is 0 Å². The molecule has 1 aromatic heterocycles. The van der Waals surface area contributed by atoms with E-state index in [4.69, 9.17) is 11.6 Å². The lowest BCUT2D eigenvalue weighted by Crippen LogP contribution is -2.06. The van der Waals surface area contributed by atoms with Gasteiger partial charge in [-0.1, -0.05) is 59.8 Å². The van der Waals surface area contributed by atoms with Crippen molar-refractivity contribution in [3.8, 4) is 0 Å². The van der Waals surface area contributed by atoms with Crippen molar-refractivity contribution in [2.45, 2.75) is 23.3 Å². The van der Waals surface area contributed by atoms with Gasteiger partial charge in [-0.2, -0.15) is 0 Å². The van der Waals surface area contributed by atoms with Crippen molar-refractivity contribution in [2.75, 3.05) is 0 Å². The summed E-state index contributed by atoms with van der Waals surface area (Å²) < 4.78 is 1.94. The van der Waals surface area contributed by atoms with E-state index in [1.807, 2.05) is 35.0 Å². The van der Waals surface area contributed by atoms with Crippen LogP contribution in [0.1, 0.15) is 6.42 Å². The third-order valence-corrected chi connectivity index (χ3v) is 5.07. The molecular formula is C18H17ClN2OS. The molecule has 0 bridgehead atoms. The summed E-state index contributed by atoms with van der Waals surface area (Å²) in [7, 11) is 0. The Hall–Kier alpha value is -1.75. The number of aliphatic hydroxyl groups excluding tert-OH is 1. The van der Waals surface area contributed by atoms with E-state index in [9.17, 15) is 5.11 Å². The van der Waals surface area contributed by atoms with Gasteiger partial charge in [0.25, 0.3) is 0 Å². The maximum absolute atomic E-state index is 9.90. The fourth-order valence-electron chi connectivity index (χ4n) is 2.09. The molecule has 2 aromatic rings. The highest BCUT2D eigenvalue weighted by Gasteiger charge is 2.08. The van der Waals surface area contributed by atoms with Gasteiger partial charge >= 0.3 is 0 Å². The molecule has 118 valence electrons. The van der Waals surface area contributed by atoms with Crippen LogP contribution < -0.4 is 0 Å². The third-order valence-electron chi connectivity index (χ3n) is 3.51. The summed E-state index contributed by atoms with van der Waals surface area (Å²) in [5.74, 6) is 0. The van der Waals surface area contributed by atoms with Crippen LogP contribution in [-0.4, -0.2) is 20.1 Å². The highest BCUT2D eigenvalue weighted by atomic mass is 35.5. The van der Waals surface area contributed by atoms with Gasteiger partial charge < -0.3 is 9.67 Å². The van der Waals surface area contributed by atoms with E-state index in [-0.39, 0.29) is 0 Å². The molecule has 3 nitrogen and oxygen atoms in total. The zero-order valence-electron chi connectivity index (χ0n) is 12.5. The van der Waals surface area contributed by atoms with E-state index < -0.39 is 5.44 Å². The molecule has 1 N–H and O–H groups in total. The van der Waals surface area contributed by atoms with Crippen LogP contribution in [0, 0.1) is 10.4 Å². The molecule has 0 radical (unpaired) electrons. The number of aromatic nitrogens is 2. The molecular weight excluding hydrogens is 328 g/mol. The molecule has 1 unspecified atom stereocenters. The van der Waals surface area contributed by atoms with Gasteiger partial charge in [0.1, 0.15) is 5.44 Å². The zero-order valence-corrected chi connectivity index (χ0v) is 14.0. The van der Waals surface area contributed by atoms with Gasteiger partial charge in [0, 0.05) is 30.3 Å². The fraction of sp³-hybridized carbons (Fsp3) is 0.167. The second kappa shape index (κ2) is 7.68. The molecule has 4 rings (SSSR count). The van der Waals surface area contributed by atoms with Gasteiger partial charge in [-0.25, -0.2) is 4.98 Å². The molecule has 0 saturated carbocycles. The largest absolute Gasteiger partial charge is 0.382 e. The first-order valence-electron chi connectivity index (χ1n) is 7.38. The van der Waals surface area contributed by atoms with Crippen LogP contribution in [-0.2, 0) is 6.54 Å². The van der Waals surface area contributed by atoms with Crippen LogP contribution in [0.3, 0.4) is 0 Å². The molecule has 0 fully saturated rings. The van der Waals surface area contributed by atoms with Gasteiger partial charge in [-0.15, -0.1) is 0 Å². The number of aryl methyl sites for hydroxylation is 1. The highest BCUT2D eigenvalue weighted by molar-refractivity contribution is 7.99. The Labute approximate surface area is 144 Å². The van der Waals surface area contributed by atoms with Gasteiger partial charge in [-0.05, 0) is 22.6 Å². The van der Waals surface area contributed by atoms with Gasteiger partial charge in [0.15, 0.2) is 0 Å². The number of hydrogen-bond acceptors (Lipinski definition) is 3. The zero-order chi connectivity index (χ0) is 16.1. The molecule has 1 heterocycles. The summed E-state index contributed by atoms with van der Waals surface area (Å²) in [5.41, 5.74) is -0.461. The Morgan fingerprint density at radius 2 is 1.78 bits per heavy atom. The first kappa shape index (κ1) is 16.1. The average Bonchev–Trinajstić information content (AvgIpc) is 3.05. The Kier molecular flexibility index (Phi) is 5.39. The quantitative estimate of drug-likeness (QED) is 0.432.